The van der Waals surface area contributed by atoms with Gasteiger partial charge in [-0.3, -0.25) is 19.8 Å². The predicted molar refractivity (Wildman–Crippen MR) is 74.1 cm³/mol. The van der Waals surface area contributed by atoms with E-state index in [9.17, 15) is 14.9 Å². The summed E-state index contributed by atoms with van der Waals surface area (Å²) < 4.78 is 4.61. The van der Waals surface area contributed by atoms with E-state index >= 15 is 0 Å². The molecular formula is C11H16N4O4S. The van der Waals surface area contributed by atoms with Crippen LogP contribution >= 0.6 is 11.3 Å². The van der Waals surface area contributed by atoms with E-state index in [0.717, 1.165) is 37.5 Å². The monoisotopic (exact) mass is 300 g/mol. The highest BCUT2D eigenvalue weighted by Crippen LogP contribution is 2.28. The van der Waals surface area contributed by atoms with Crippen molar-refractivity contribution in [3.05, 3.63) is 16.3 Å². The van der Waals surface area contributed by atoms with Gasteiger partial charge < -0.3 is 9.64 Å². The van der Waals surface area contributed by atoms with Crippen molar-refractivity contribution in [2.75, 3.05) is 44.7 Å². The summed E-state index contributed by atoms with van der Waals surface area (Å²) in [6.45, 7) is 3.81. The number of nitrogens with zero attached hydrogens (tertiary/aromatic N) is 4. The standard InChI is InChI=1S/C11H16N4O4S/c1-19-10(16)2-3-13-4-6-14(7-5-13)11-12-8-9(20-11)15(17)18/h8H,2-7H2,1H3. The minimum absolute atomic E-state index is 0.0631. The van der Waals surface area contributed by atoms with Crippen molar-refractivity contribution >= 4 is 27.4 Å². The molecule has 0 radical (unpaired) electrons. The quantitative estimate of drug-likeness (QED) is 0.450. The number of methoxy groups -OCH3 is 1. The molecule has 0 atom stereocenters. The molecule has 0 unspecified atom stereocenters. The maximum atomic E-state index is 11.1. The molecule has 1 aromatic rings. The molecular weight excluding hydrogens is 284 g/mol. The first-order valence-corrected chi connectivity index (χ1v) is 7.06. The molecule has 20 heavy (non-hydrogen) atoms. The number of ether oxygens (including phenoxy) is 1. The molecule has 1 aromatic heterocycles. The molecule has 0 saturated carbocycles. The number of hydrogen-bond donors (Lipinski definition) is 0. The summed E-state index contributed by atoms with van der Waals surface area (Å²) in [7, 11) is 1.38. The van der Waals surface area contributed by atoms with Gasteiger partial charge in [0.2, 0.25) is 0 Å². The molecule has 0 bridgehead atoms. The van der Waals surface area contributed by atoms with E-state index in [0.29, 0.717) is 18.1 Å². The Balaban J connectivity index is 1.81. The molecule has 0 aliphatic carbocycles. The van der Waals surface area contributed by atoms with Crippen molar-refractivity contribution < 1.29 is 14.5 Å². The van der Waals surface area contributed by atoms with Crippen molar-refractivity contribution in [1.82, 2.24) is 9.88 Å². The van der Waals surface area contributed by atoms with Crippen LogP contribution in [0.3, 0.4) is 0 Å². The number of aromatic nitrogens is 1. The van der Waals surface area contributed by atoms with E-state index in [-0.39, 0.29) is 11.0 Å². The second-order valence-electron chi connectivity index (χ2n) is 4.39. The van der Waals surface area contributed by atoms with Gasteiger partial charge in [-0.25, -0.2) is 4.98 Å². The van der Waals surface area contributed by atoms with E-state index < -0.39 is 4.92 Å². The first-order chi connectivity index (χ1) is 9.60. The zero-order valence-electron chi connectivity index (χ0n) is 11.2. The SMILES string of the molecule is COC(=O)CCN1CCN(c2ncc([N+](=O)[O-])s2)CC1. The van der Waals surface area contributed by atoms with Gasteiger partial charge in [0.15, 0.2) is 5.13 Å². The molecule has 9 heteroatoms. The second kappa shape index (κ2) is 6.62. The summed E-state index contributed by atoms with van der Waals surface area (Å²) in [5.41, 5.74) is 0. The maximum Gasteiger partial charge on any atom is 0.345 e. The number of carbonyl (C=O) groups excluding carboxylic acids is 1. The topological polar surface area (TPSA) is 88.8 Å². The summed E-state index contributed by atoms with van der Waals surface area (Å²) >= 11 is 1.09. The maximum absolute atomic E-state index is 11.1. The molecule has 2 heterocycles. The van der Waals surface area contributed by atoms with Crippen LogP contribution in [-0.2, 0) is 9.53 Å². The highest BCUT2D eigenvalue weighted by atomic mass is 32.1. The summed E-state index contributed by atoms with van der Waals surface area (Å²) in [6.07, 6.45) is 1.68. The number of carbonyl (C=O) groups is 1. The van der Waals surface area contributed by atoms with Crippen molar-refractivity contribution in [2.45, 2.75) is 6.42 Å². The van der Waals surface area contributed by atoms with E-state index in [4.69, 9.17) is 0 Å². The Labute approximate surface area is 120 Å². The van der Waals surface area contributed by atoms with Crippen LogP contribution in [0.4, 0.5) is 10.1 Å². The summed E-state index contributed by atoms with van der Waals surface area (Å²) in [5.74, 6) is -0.206. The number of nitro groups is 1. The minimum Gasteiger partial charge on any atom is -0.469 e. The van der Waals surface area contributed by atoms with Crippen LogP contribution < -0.4 is 4.90 Å². The molecule has 0 spiro atoms. The zero-order valence-corrected chi connectivity index (χ0v) is 12.0. The fourth-order valence-electron chi connectivity index (χ4n) is 2.00. The minimum atomic E-state index is -0.423. The molecule has 1 saturated heterocycles. The van der Waals surface area contributed by atoms with E-state index in [1.165, 1.54) is 13.3 Å². The average Bonchev–Trinajstić information content (AvgIpc) is 2.95. The Morgan fingerprint density at radius 1 is 1.50 bits per heavy atom. The molecule has 0 amide bonds. The predicted octanol–water partition coefficient (Wildman–Crippen LogP) is 0.736. The lowest BCUT2D eigenvalue weighted by Gasteiger charge is -2.34. The van der Waals surface area contributed by atoms with Crippen LogP contribution in [0.2, 0.25) is 0 Å². The lowest BCUT2D eigenvalue weighted by molar-refractivity contribution is -0.380. The molecule has 1 fully saturated rings. The van der Waals surface area contributed by atoms with Gasteiger partial charge >= 0.3 is 11.0 Å². The molecule has 0 aromatic carbocycles. The van der Waals surface area contributed by atoms with E-state index in [1.54, 1.807) is 0 Å². The largest absolute Gasteiger partial charge is 0.469 e. The fraction of sp³-hybridized carbons (Fsp3) is 0.636. The first kappa shape index (κ1) is 14.7. The van der Waals surface area contributed by atoms with Gasteiger partial charge in [0.05, 0.1) is 18.5 Å². The Morgan fingerprint density at radius 3 is 2.75 bits per heavy atom. The number of hydrogen-bond acceptors (Lipinski definition) is 8. The van der Waals surface area contributed by atoms with Crippen LogP contribution in [0.25, 0.3) is 0 Å². The van der Waals surface area contributed by atoms with Crippen LogP contribution in [0, 0.1) is 10.1 Å². The third kappa shape index (κ3) is 3.64. The van der Waals surface area contributed by atoms with Crippen LogP contribution in [0.1, 0.15) is 6.42 Å². The number of rotatable bonds is 5. The second-order valence-corrected chi connectivity index (χ2v) is 5.38. The van der Waals surface area contributed by atoms with Gasteiger partial charge in [0, 0.05) is 32.7 Å². The third-order valence-corrected chi connectivity index (χ3v) is 4.17. The summed E-state index contributed by atoms with van der Waals surface area (Å²) in [6, 6.07) is 0. The third-order valence-electron chi connectivity index (χ3n) is 3.16. The Hall–Kier alpha value is -1.74. The number of esters is 1. The smallest absolute Gasteiger partial charge is 0.345 e. The van der Waals surface area contributed by atoms with Crippen molar-refractivity contribution in [2.24, 2.45) is 0 Å². The van der Waals surface area contributed by atoms with Crippen LogP contribution in [0.5, 0.6) is 0 Å². The first-order valence-electron chi connectivity index (χ1n) is 6.24. The molecule has 1 aliphatic rings. The number of piperazine rings is 1. The van der Waals surface area contributed by atoms with Crippen LogP contribution in [-0.4, -0.2) is 60.6 Å². The Bertz CT molecular complexity index is 485. The highest BCUT2D eigenvalue weighted by Gasteiger charge is 2.22. The normalized spacial score (nSPS) is 16.1. The van der Waals surface area contributed by atoms with Crippen molar-refractivity contribution in [1.29, 1.82) is 0 Å². The van der Waals surface area contributed by atoms with Gasteiger partial charge in [0.25, 0.3) is 0 Å². The molecule has 8 nitrogen and oxygen atoms in total. The van der Waals surface area contributed by atoms with Crippen molar-refractivity contribution in [3.8, 4) is 0 Å². The van der Waals surface area contributed by atoms with Crippen molar-refractivity contribution in [3.63, 3.8) is 0 Å². The molecule has 110 valence electrons. The summed E-state index contributed by atoms with van der Waals surface area (Å²) in [5, 5.41) is 11.4. The van der Waals surface area contributed by atoms with Gasteiger partial charge in [-0.05, 0) is 11.3 Å². The van der Waals surface area contributed by atoms with Gasteiger partial charge in [-0.15, -0.1) is 0 Å². The highest BCUT2D eigenvalue weighted by molar-refractivity contribution is 7.18. The Morgan fingerprint density at radius 2 is 2.20 bits per heavy atom. The van der Waals surface area contributed by atoms with Gasteiger partial charge in [-0.1, -0.05) is 0 Å². The number of thiazole rings is 1. The Kier molecular flexibility index (Phi) is 4.85. The van der Waals surface area contributed by atoms with Crippen LogP contribution in [0.15, 0.2) is 6.20 Å². The van der Waals surface area contributed by atoms with Gasteiger partial charge in [0.1, 0.15) is 6.20 Å². The molecule has 1 aliphatic heterocycles. The number of anilines is 1. The lowest BCUT2D eigenvalue weighted by Crippen LogP contribution is -2.46. The zero-order chi connectivity index (χ0) is 14.5. The molecule has 0 N–H and O–H groups in total. The van der Waals surface area contributed by atoms with E-state index in [1.807, 2.05) is 4.90 Å². The summed E-state index contributed by atoms with van der Waals surface area (Å²) in [4.78, 5) is 29.6. The lowest BCUT2D eigenvalue weighted by atomic mass is 10.3. The molecule has 2 rings (SSSR count). The average molecular weight is 300 g/mol. The fourth-order valence-corrected chi connectivity index (χ4v) is 2.79. The van der Waals surface area contributed by atoms with E-state index in [2.05, 4.69) is 14.6 Å². The van der Waals surface area contributed by atoms with Gasteiger partial charge in [-0.2, -0.15) is 0 Å².